The SMILES string of the molecule is C=CCNC(=O)c1ccc(Cn2ccccc2=O)o1. The standard InChI is InChI=1S/C14H14N2O3/c1-2-8-15-14(18)12-7-6-11(19-12)10-16-9-4-3-5-13(16)17/h2-7,9H,1,8,10H2,(H,15,18). The molecule has 2 heterocycles. The molecule has 0 atom stereocenters. The number of carbonyl (C=O) groups excluding carboxylic acids is 1. The van der Waals surface area contributed by atoms with Gasteiger partial charge in [-0.15, -0.1) is 6.58 Å². The Balaban J connectivity index is 2.09. The lowest BCUT2D eigenvalue weighted by Gasteiger charge is -2.02. The second-order valence-electron chi connectivity index (χ2n) is 3.93. The minimum atomic E-state index is -0.299. The highest BCUT2D eigenvalue weighted by Crippen LogP contribution is 2.08. The summed E-state index contributed by atoms with van der Waals surface area (Å²) >= 11 is 0. The van der Waals surface area contributed by atoms with Crippen LogP contribution in [0.4, 0.5) is 0 Å². The van der Waals surface area contributed by atoms with Gasteiger partial charge in [-0.3, -0.25) is 9.59 Å². The highest BCUT2D eigenvalue weighted by Gasteiger charge is 2.10. The maximum atomic E-state index is 11.6. The maximum absolute atomic E-state index is 11.6. The van der Waals surface area contributed by atoms with Gasteiger partial charge in [0.2, 0.25) is 0 Å². The minimum Gasteiger partial charge on any atom is -0.454 e. The van der Waals surface area contributed by atoms with E-state index in [2.05, 4.69) is 11.9 Å². The van der Waals surface area contributed by atoms with Crippen molar-refractivity contribution in [1.29, 1.82) is 0 Å². The molecule has 1 N–H and O–H groups in total. The first-order valence-electron chi connectivity index (χ1n) is 5.84. The summed E-state index contributed by atoms with van der Waals surface area (Å²) in [5.74, 6) is 0.476. The summed E-state index contributed by atoms with van der Waals surface area (Å²) in [6, 6.07) is 8.18. The second-order valence-corrected chi connectivity index (χ2v) is 3.93. The van der Waals surface area contributed by atoms with Crippen LogP contribution in [0.3, 0.4) is 0 Å². The molecule has 0 saturated heterocycles. The van der Waals surface area contributed by atoms with E-state index in [1.807, 2.05) is 0 Å². The van der Waals surface area contributed by atoms with Crippen LogP contribution in [0, 0.1) is 0 Å². The van der Waals surface area contributed by atoms with Gasteiger partial charge in [0.05, 0.1) is 6.54 Å². The normalized spacial score (nSPS) is 10.1. The zero-order valence-corrected chi connectivity index (χ0v) is 10.3. The first-order chi connectivity index (χ1) is 9.20. The number of hydrogen-bond donors (Lipinski definition) is 1. The molecule has 0 aliphatic rings. The fourth-order valence-electron chi connectivity index (χ4n) is 1.60. The Bertz CT molecular complexity index is 640. The molecule has 5 heteroatoms. The highest BCUT2D eigenvalue weighted by atomic mass is 16.4. The molecule has 0 aromatic carbocycles. The maximum Gasteiger partial charge on any atom is 0.287 e. The lowest BCUT2D eigenvalue weighted by atomic mass is 10.4. The summed E-state index contributed by atoms with van der Waals surface area (Å²) in [6.45, 7) is 4.20. The van der Waals surface area contributed by atoms with Crippen LogP contribution in [0.25, 0.3) is 0 Å². The first-order valence-corrected chi connectivity index (χ1v) is 5.84. The Morgan fingerprint density at radius 3 is 2.95 bits per heavy atom. The third kappa shape index (κ3) is 3.22. The van der Waals surface area contributed by atoms with Gasteiger partial charge in [0.25, 0.3) is 11.5 Å². The van der Waals surface area contributed by atoms with Crippen molar-refractivity contribution in [3.63, 3.8) is 0 Å². The van der Waals surface area contributed by atoms with Gasteiger partial charge in [0.15, 0.2) is 5.76 Å². The fourth-order valence-corrected chi connectivity index (χ4v) is 1.60. The summed E-state index contributed by atoms with van der Waals surface area (Å²) in [6.07, 6.45) is 3.26. The molecule has 0 spiro atoms. The number of carbonyl (C=O) groups is 1. The van der Waals surface area contributed by atoms with Gasteiger partial charge in [-0.25, -0.2) is 0 Å². The predicted octanol–water partition coefficient (Wildman–Crippen LogP) is 1.41. The molecule has 0 aliphatic heterocycles. The number of nitrogens with zero attached hydrogens (tertiary/aromatic N) is 1. The van der Waals surface area contributed by atoms with Crippen LogP contribution in [0.1, 0.15) is 16.3 Å². The molecule has 1 amide bonds. The third-order valence-corrected chi connectivity index (χ3v) is 2.52. The largest absolute Gasteiger partial charge is 0.454 e. The van der Waals surface area contributed by atoms with Crippen LogP contribution in [0.5, 0.6) is 0 Å². The van der Waals surface area contributed by atoms with Gasteiger partial charge in [0.1, 0.15) is 5.76 Å². The molecule has 2 aromatic heterocycles. The Morgan fingerprint density at radius 1 is 1.37 bits per heavy atom. The molecule has 2 rings (SSSR count). The van der Waals surface area contributed by atoms with Crippen molar-refractivity contribution >= 4 is 5.91 Å². The van der Waals surface area contributed by atoms with Gasteiger partial charge < -0.3 is 14.3 Å². The Labute approximate surface area is 110 Å². The Kier molecular flexibility index (Phi) is 3.97. The number of hydrogen-bond acceptors (Lipinski definition) is 3. The van der Waals surface area contributed by atoms with E-state index in [-0.39, 0.29) is 17.2 Å². The van der Waals surface area contributed by atoms with E-state index >= 15 is 0 Å². The molecule has 2 aromatic rings. The molecule has 0 aliphatic carbocycles. The van der Waals surface area contributed by atoms with Crippen LogP contribution >= 0.6 is 0 Å². The van der Waals surface area contributed by atoms with Crippen molar-refractivity contribution in [1.82, 2.24) is 9.88 Å². The van der Waals surface area contributed by atoms with Gasteiger partial charge in [-0.2, -0.15) is 0 Å². The molecule has 0 unspecified atom stereocenters. The van der Waals surface area contributed by atoms with Crippen molar-refractivity contribution in [3.8, 4) is 0 Å². The van der Waals surface area contributed by atoms with E-state index in [0.717, 1.165) is 0 Å². The number of rotatable bonds is 5. The molecule has 0 saturated carbocycles. The van der Waals surface area contributed by atoms with Crippen molar-refractivity contribution in [2.45, 2.75) is 6.54 Å². The van der Waals surface area contributed by atoms with Gasteiger partial charge in [-0.1, -0.05) is 12.1 Å². The quantitative estimate of drug-likeness (QED) is 0.825. The molecule has 5 nitrogen and oxygen atoms in total. The van der Waals surface area contributed by atoms with Crippen molar-refractivity contribution < 1.29 is 9.21 Å². The summed E-state index contributed by atoms with van der Waals surface area (Å²) in [5, 5.41) is 2.62. The van der Waals surface area contributed by atoms with Gasteiger partial charge >= 0.3 is 0 Å². The van der Waals surface area contributed by atoms with E-state index in [9.17, 15) is 9.59 Å². The fraction of sp³-hybridized carbons (Fsp3) is 0.143. The number of furan rings is 1. The van der Waals surface area contributed by atoms with E-state index in [4.69, 9.17) is 4.42 Å². The molecule has 0 bridgehead atoms. The van der Waals surface area contributed by atoms with Crippen LogP contribution in [0.15, 0.2) is 58.4 Å². The number of amides is 1. The summed E-state index contributed by atoms with van der Waals surface area (Å²) in [5.41, 5.74) is -0.114. The van der Waals surface area contributed by atoms with Gasteiger partial charge in [0, 0.05) is 18.8 Å². The second kappa shape index (κ2) is 5.86. The van der Waals surface area contributed by atoms with E-state index in [0.29, 0.717) is 18.8 Å². The Morgan fingerprint density at radius 2 is 2.21 bits per heavy atom. The van der Waals surface area contributed by atoms with Crippen molar-refractivity contribution in [2.24, 2.45) is 0 Å². The smallest absolute Gasteiger partial charge is 0.287 e. The predicted molar refractivity (Wildman–Crippen MR) is 71.0 cm³/mol. The van der Waals surface area contributed by atoms with Crippen molar-refractivity contribution in [2.75, 3.05) is 6.54 Å². The summed E-state index contributed by atoms with van der Waals surface area (Å²) in [4.78, 5) is 23.2. The van der Waals surface area contributed by atoms with Crippen LogP contribution < -0.4 is 10.9 Å². The molecule has 19 heavy (non-hydrogen) atoms. The third-order valence-electron chi connectivity index (χ3n) is 2.52. The van der Waals surface area contributed by atoms with Crippen LogP contribution in [-0.2, 0) is 6.54 Å². The highest BCUT2D eigenvalue weighted by molar-refractivity contribution is 5.91. The van der Waals surface area contributed by atoms with E-state index in [1.165, 1.54) is 10.6 Å². The topological polar surface area (TPSA) is 64.2 Å². The lowest BCUT2D eigenvalue weighted by molar-refractivity contribution is 0.0928. The average molecular weight is 258 g/mol. The van der Waals surface area contributed by atoms with Crippen LogP contribution in [-0.4, -0.2) is 17.0 Å². The number of aromatic nitrogens is 1. The average Bonchev–Trinajstić information content (AvgIpc) is 2.87. The lowest BCUT2D eigenvalue weighted by Crippen LogP contribution is -2.22. The first kappa shape index (κ1) is 12.9. The molecule has 98 valence electrons. The summed E-state index contributed by atoms with van der Waals surface area (Å²) < 4.78 is 6.90. The molecular weight excluding hydrogens is 244 g/mol. The molecule has 0 radical (unpaired) electrons. The number of nitrogens with one attached hydrogen (secondary N) is 1. The van der Waals surface area contributed by atoms with Gasteiger partial charge in [-0.05, 0) is 18.2 Å². The van der Waals surface area contributed by atoms with E-state index in [1.54, 1.807) is 36.5 Å². The monoisotopic (exact) mass is 258 g/mol. The van der Waals surface area contributed by atoms with E-state index < -0.39 is 0 Å². The Hall–Kier alpha value is -2.56. The van der Waals surface area contributed by atoms with Crippen molar-refractivity contribution in [3.05, 3.63) is 71.1 Å². The zero-order chi connectivity index (χ0) is 13.7. The molecular formula is C14H14N2O3. The minimum absolute atomic E-state index is 0.114. The summed E-state index contributed by atoms with van der Waals surface area (Å²) in [7, 11) is 0. The van der Waals surface area contributed by atoms with Crippen LogP contribution in [0.2, 0.25) is 0 Å². The number of pyridine rings is 1. The molecule has 0 fully saturated rings. The zero-order valence-electron chi connectivity index (χ0n) is 10.3.